The van der Waals surface area contributed by atoms with Gasteiger partial charge in [0, 0.05) is 64.5 Å². The minimum atomic E-state index is -2.64. The third-order valence-corrected chi connectivity index (χ3v) is 10.6. The van der Waals surface area contributed by atoms with Gasteiger partial charge in [0.15, 0.2) is 5.65 Å². The first-order chi connectivity index (χ1) is 19.7. The minimum absolute atomic E-state index is 0.0428. The molecule has 1 amide bonds. The lowest BCUT2D eigenvalue weighted by atomic mass is 9.93. The van der Waals surface area contributed by atoms with Crippen LogP contribution in [0.3, 0.4) is 0 Å². The summed E-state index contributed by atoms with van der Waals surface area (Å²) in [6.07, 6.45) is 5.00. The number of carbonyl (C=O) groups is 1. The Kier molecular flexibility index (Phi) is 6.15. The summed E-state index contributed by atoms with van der Waals surface area (Å²) in [5, 5.41) is 4.53. The fourth-order valence-corrected chi connectivity index (χ4v) is 7.36. The van der Waals surface area contributed by atoms with Gasteiger partial charge in [0.2, 0.25) is 0 Å². The molecule has 3 atom stereocenters. The van der Waals surface area contributed by atoms with Gasteiger partial charge in [-0.1, -0.05) is 24.3 Å². The van der Waals surface area contributed by atoms with Crippen molar-refractivity contribution in [2.75, 3.05) is 30.8 Å². The largest absolute Gasteiger partial charge is 0.370 e. The molecule has 2 aliphatic heterocycles. The maximum atomic E-state index is 15.5. The Labute approximate surface area is 239 Å². The van der Waals surface area contributed by atoms with E-state index in [0.717, 1.165) is 25.0 Å². The van der Waals surface area contributed by atoms with E-state index >= 15 is 4.39 Å². The van der Waals surface area contributed by atoms with Crippen LogP contribution >= 0.6 is 0 Å². The summed E-state index contributed by atoms with van der Waals surface area (Å²) in [5.74, 6) is -0.189. The summed E-state index contributed by atoms with van der Waals surface area (Å²) in [6, 6.07) is 16.9. The number of halogens is 1. The van der Waals surface area contributed by atoms with Gasteiger partial charge in [-0.05, 0) is 68.0 Å². The van der Waals surface area contributed by atoms with Crippen molar-refractivity contribution in [2.24, 2.45) is 0 Å². The van der Waals surface area contributed by atoms with Crippen molar-refractivity contribution in [1.82, 2.24) is 19.5 Å². The van der Waals surface area contributed by atoms with E-state index in [0.29, 0.717) is 60.3 Å². The zero-order valence-corrected chi connectivity index (χ0v) is 24.0. The number of rotatable bonds is 5. The number of hydrogen-bond donors (Lipinski definition) is 1. The van der Waals surface area contributed by atoms with Crippen LogP contribution in [0.1, 0.15) is 65.5 Å². The van der Waals surface area contributed by atoms with Gasteiger partial charge in [-0.3, -0.25) is 9.57 Å². The van der Waals surface area contributed by atoms with Gasteiger partial charge in [-0.2, -0.15) is 5.10 Å². The van der Waals surface area contributed by atoms with Crippen molar-refractivity contribution in [3.05, 3.63) is 82.9 Å². The summed E-state index contributed by atoms with van der Waals surface area (Å²) >= 11 is 0. The van der Waals surface area contributed by atoms with Crippen molar-refractivity contribution in [3.8, 4) is 11.3 Å². The Morgan fingerprint density at radius 2 is 1.88 bits per heavy atom. The number of benzene rings is 2. The second-order valence-corrected chi connectivity index (χ2v) is 14.2. The van der Waals surface area contributed by atoms with Crippen molar-refractivity contribution in [3.63, 3.8) is 0 Å². The van der Waals surface area contributed by atoms with Crippen LogP contribution in [0.5, 0.6) is 0 Å². The molecule has 0 radical (unpaired) electrons. The quantitative estimate of drug-likeness (QED) is 0.344. The molecule has 1 unspecified atom stereocenters. The van der Waals surface area contributed by atoms with Crippen LogP contribution in [-0.2, 0) is 16.1 Å². The fourth-order valence-electron chi connectivity index (χ4n) is 6.34. The van der Waals surface area contributed by atoms with Gasteiger partial charge in [0.05, 0.1) is 17.0 Å². The van der Waals surface area contributed by atoms with Gasteiger partial charge in [-0.25, -0.2) is 18.1 Å². The van der Waals surface area contributed by atoms with E-state index < -0.39 is 15.5 Å². The average molecular weight is 573 g/mol. The average Bonchev–Trinajstić information content (AvgIpc) is 3.49. The molecule has 1 aliphatic carbocycles. The third-order valence-electron chi connectivity index (χ3n) is 8.90. The number of nitrogens with one attached hydrogen (secondary N) is 1. The Hall–Kier alpha value is -3.79. The van der Waals surface area contributed by atoms with Crippen LogP contribution in [0, 0.1) is 10.6 Å². The van der Waals surface area contributed by atoms with Gasteiger partial charge < -0.3 is 9.80 Å². The van der Waals surface area contributed by atoms with E-state index in [1.807, 2.05) is 34.1 Å². The number of aromatic nitrogens is 3. The Morgan fingerprint density at radius 3 is 2.61 bits per heavy atom. The zero-order valence-electron chi connectivity index (χ0n) is 23.2. The molecule has 3 aliphatic rings. The van der Waals surface area contributed by atoms with E-state index in [1.165, 1.54) is 23.4 Å². The summed E-state index contributed by atoms with van der Waals surface area (Å²) in [7, 11) is -2.64. The molecule has 7 rings (SSSR count). The van der Waals surface area contributed by atoms with E-state index in [4.69, 9.17) is 14.9 Å². The predicted molar refractivity (Wildman–Crippen MR) is 157 cm³/mol. The SMILES string of the molecule is C[C@@H]1c2ccccc2CCN1C(=O)c1cc(C2CC2)n2nc(-c3ccc(N4CC[C@@H](S(C)(=N)=O)C4)cc3F)cc2n1. The number of amides is 1. The standard InChI is InChI=1S/C31H33FN6O2S/c1-19-24-6-4-3-5-20(24)11-14-37(19)31(39)28-16-29(21-7-8-21)38-30(34-28)17-27(35-38)25-10-9-22(15-26(25)32)36-13-12-23(18-36)41(2,33)40/h3-6,9-10,15-17,19,21,23,33H,7-8,11-14,18H2,1-2H3/t19-,23-,41?/m1/s1. The van der Waals surface area contributed by atoms with E-state index in [-0.39, 0.29) is 17.2 Å². The Morgan fingerprint density at radius 1 is 1.07 bits per heavy atom. The normalized spacial score (nSPS) is 22.1. The molecule has 8 nitrogen and oxygen atoms in total. The lowest BCUT2D eigenvalue weighted by Gasteiger charge is -2.35. The smallest absolute Gasteiger partial charge is 0.273 e. The van der Waals surface area contributed by atoms with Crippen LogP contribution < -0.4 is 4.90 Å². The maximum absolute atomic E-state index is 15.5. The summed E-state index contributed by atoms with van der Waals surface area (Å²) in [4.78, 5) is 22.4. The van der Waals surface area contributed by atoms with Gasteiger partial charge in [-0.15, -0.1) is 0 Å². The minimum Gasteiger partial charge on any atom is -0.370 e. The first-order valence-corrected chi connectivity index (χ1v) is 16.3. The van der Waals surface area contributed by atoms with Crippen LogP contribution in [0.2, 0.25) is 0 Å². The molecule has 4 aromatic rings. The molecule has 1 saturated carbocycles. The van der Waals surface area contributed by atoms with Gasteiger partial charge >= 0.3 is 0 Å². The summed E-state index contributed by atoms with van der Waals surface area (Å²) < 4.78 is 37.3. The maximum Gasteiger partial charge on any atom is 0.273 e. The van der Waals surface area contributed by atoms with Crippen molar-refractivity contribution in [1.29, 1.82) is 4.78 Å². The lowest BCUT2D eigenvalue weighted by Crippen LogP contribution is -2.39. The predicted octanol–water partition coefficient (Wildman–Crippen LogP) is 5.43. The number of hydrogen-bond acceptors (Lipinski definition) is 6. The summed E-state index contributed by atoms with van der Waals surface area (Å²) in [6.45, 7) is 3.84. The van der Waals surface area contributed by atoms with Crippen LogP contribution in [0.25, 0.3) is 16.9 Å². The van der Waals surface area contributed by atoms with Gasteiger partial charge in [0.1, 0.15) is 11.5 Å². The molecule has 41 heavy (non-hydrogen) atoms. The highest BCUT2D eigenvalue weighted by Crippen LogP contribution is 2.41. The molecule has 1 N–H and O–H groups in total. The Balaban J connectivity index is 1.20. The second kappa shape index (κ2) is 9.65. The molecule has 2 aromatic carbocycles. The number of nitrogens with zero attached hydrogens (tertiary/aromatic N) is 5. The molecular formula is C31H33FN6O2S. The fraction of sp³-hybridized carbons (Fsp3) is 0.387. The van der Waals surface area contributed by atoms with E-state index in [9.17, 15) is 9.00 Å². The molecule has 2 fully saturated rings. The molecule has 212 valence electrons. The van der Waals surface area contributed by atoms with E-state index in [1.54, 1.807) is 16.6 Å². The monoisotopic (exact) mass is 572 g/mol. The number of fused-ring (bicyclic) bond motifs is 2. The molecule has 0 bridgehead atoms. The molecule has 0 spiro atoms. The molecular weight excluding hydrogens is 539 g/mol. The number of anilines is 1. The highest BCUT2D eigenvalue weighted by atomic mass is 32.2. The Bertz CT molecular complexity index is 1800. The highest BCUT2D eigenvalue weighted by molar-refractivity contribution is 7.92. The molecule has 2 aromatic heterocycles. The third kappa shape index (κ3) is 4.67. The molecule has 4 heterocycles. The number of carbonyl (C=O) groups excluding carboxylic acids is 1. The summed E-state index contributed by atoms with van der Waals surface area (Å²) in [5.41, 5.74) is 5.88. The molecule has 1 saturated heterocycles. The van der Waals surface area contributed by atoms with Crippen LogP contribution in [0.4, 0.5) is 10.1 Å². The zero-order chi connectivity index (χ0) is 28.5. The van der Waals surface area contributed by atoms with E-state index in [2.05, 4.69) is 19.1 Å². The first kappa shape index (κ1) is 26.1. The second-order valence-electron chi connectivity index (χ2n) is 11.7. The molecule has 10 heteroatoms. The van der Waals surface area contributed by atoms with Gasteiger partial charge in [0.25, 0.3) is 5.91 Å². The van der Waals surface area contributed by atoms with Crippen LogP contribution in [-0.4, -0.2) is 60.8 Å². The van der Waals surface area contributed by atoms with Crippen LogP contribution in [0.15, 0.2) is 54.6 Å². The highest BCUT2D eigenvalue weighted by Gasteiger charge is 2.33. The topological polar surface area (TPSA) is 94.7 Å². The van der Waals surface area contributed by atoms with Crippen molar-refractivity contribution in [2.45, 2.75) is 49.8 Å². The lowest BCUT2D eigenvalue weighted by molar-refractivity contribution is 0.0671. The first-order valence-electron chi connectivity index (χ1n) is 14.2. The van der Waals surface area contributed by atoms with Crippen molar-refractivity contribution < 1.29 is 13.4 Å². The van der Waals surface area contributed by atoms with Crippen molar-refractivity contribution >= 4 is 27.0 Å².